The molecule has 33 heavy (non-hydrogen) atoms. The predicted molar refractivity (Wildman–Crippen MR) is 120 cm³/mol. The van der Waals surface area contributed by atoms with Gasteiger partial charge in [0.05, 0.1) is 16.3 Å². The molecule has 0 fully saturated rings. The second kappa shape index (κ2) is 10.1. The molecule has 1 aromatic carbocycles. The quantitative estimate of drug-likeness (QED) is 0.202. The number of amides is 1. The number of carboxylic acids is 1. The zero-order chi connectivity index (χ0) is 24.0. The Kier molecular flexibility index (Phi) is 7.08. The Morgan fingerprint density at radius 1 is 1.12 bits per heavy atom. The number of nitrogens with one attached hydrogen (secondary N) is 2. The highest BCUT2D eigenvalue weighted by atomic mass is 16.6. The summed E-state index contributed by atoms with van der Waals surface area (Å²) in [7, 11) is 0. The molecule has 2 aromatic heterocycles. The van der Waals surface area contributed by atoms with E-state index >= 15 is 0 Å². The minimum Gasteiger partial charge on any atom is -0.478 e. The van der Waals surface area contributed by atoms with Gasteiger partial charge in [0.1, 0.15) is 5.56 Å². The molecule has 0 saturated carbocycles. The highest BCUT2D eigenvalue weighted by Gasteiger charge is 2.21. The van der Waals surface area contributed by atoms with Gasteiger partial charge in [-0.15, -0.1) is 0 Å². The summed E-state index contributed by atoms with van der Waals surface area (Å²) in [6.07, 6.45) is 1.80. The zero-order valence-electron chi connectivity index (χ0n) is 17.6. The summed E-state index contributed by atoms with van der Waals surface area (Å²) in [5, 5.41) is 26.7. The first-order valence-electron chi connectivity index (χ1n) is 9.93. The Hall–Kier alpha value is -4.61. The summed E-state index contributed by atoms with van der Waals surface area (Å²) in [5.41, 5.74) is 6.40. The van der Waals surface area contributed by atoms with Gasteiger partial charge < -0.3 is 21.5 Å². The molecule has 0 bridgehead atoms. The molecule has 1 amide bonds. The number of primary amides is 1. The third kappa shape index (κ3) is 5.36. The molecule has 0 atom stereocenters. The monoisotopic (exact) mass is 451 g/mol. The first-order valence-corrected chi connectivity index (χ1v) is 9.93. The maximum absolute atomic E-state index is 11.9. The lowest BCUT2D eigenvalue weighted by Gasteiger charge is -2.14. The molecular weight excluding hydrogens is 430 g/mol. The average molecular weight is 451 g/mol. The number of nitrogens with zero attached hydrogens (tertiary/aromatic N) is 4. The van der Waals surface area contributed by atoms with Crippen molar-refractivity contribution in [3.05, 3.63) is 69.5 Å². The minimum atomic E-state index is -1.17. The molecule has 3 aromatic rings. The number of carbonyl (C=O) groups excluding carboxylic acids is 1. The number of nitrogens with two attached hydrogens (primary N) is 1. The van der Waals surface area contributed by atoms with E-state index in [0.29, 0.717) is 17.7 Å². The molecule has 3 rings (SSSR count). The van der Waals surface area contributed by atoms with Gasteiger partial charge in [-0.05, 0) is 24.6 Å². The minimum absolute atomic E-state index is 0.0305. The molecule has 0 aliphatic heterocycles. The van der Waals surface area contributed by atoms with Crippen molar-refractivity contribution in [1.29, 1.82) is 0 Å². The van der Waals surface area contributed by atoms with Gasteiger partial charge in [0, 0.05) is 36.5 Å². The van der Waals surface area contributed by atoms with Crippen LogP contribution in [-0.4, -0.2) is 49.9 Å². The maximum Gasteiger partial charge on any atom is 0.339 e. The second-order valence-corrected chi connectivity index (χ2v) is 6.80. The number of hydrogen-bond acceptors (Lipinski definition) is 9. The van der Waals surface area contributed by atoms with E-state index in [9.17, 15) is 24.8 Å². The summed E-state index contributed by atoms with van der Waals surface area (Å²) >= 11 is 0. The molecule has 0 aliphatic carbocycles. The topological polar surface area (TPSA) is 186 Å². The lowest BCUT2D eigenvalue weighted by molar-refractivity contribution is -0.384. The van der Waals surface area contributed by atoms with Crippen molar-refractivity contribution in [2.45, 2.75) is 13.3 Å². The van der Waals surface area contributed by atoms with E-state index in [1.165, 1.54) is 30.5 Å². The third-order valence-electron chi connectivity index (χ3n) is 4.66. The van der Waals surface area contributed by atoms with Crippen LogP contribution in [0.1, 0.15) is 33.3 Å². The number of aromatic nitrogens is 3. The Balaban J connectivity index is 1.83. The Bertz CT molecular complexity index is 1200. The van der Waals surface area contributed by atoms with E-state index in [-0.39, 0.29) is 47.4 Å². The standard InChI is InChI=1S/C21H21N7O5/c1-2-14-16(20(30)31)17(12-5-7-13(8-6-12)18(22)29)27-21(26-14)25-11-10-24-19-15(28(32)33)4-3-9-23-19/h3-9H,2,10-11H2,1H3,(H2,22,29)(H,23,24)(H,30,31)(H,25,26,27). The van der Waals surface area contributed by atoms with Crippen LogP contribution in [0.4, 0.5) is 17.5 Å². The van der Waals surface area contributed by atoms with E-state index in [2.05, 4.69) is 25.6 Å². The molecule has 0 radical (unpaired) electrons. The molecule has 0 saturated heterocycles. The van der Waals surface area contributed by atoms with Crippen molar-refractivity contribution in [3.63, 3.8) is 0 Å². The number of benzene rings is 1. The number of aryl methyl sites for hydroxylation is 1. The Morgan fingerprint density at radius 3 is 2.42 bits per heavy atom. The van der Waals surface area contributed by atoms with Crippen LogP contribution in [0.2, 0.25) is 0 Å². The van der Waals surface area contributed by atoms with Crippen LogP contribution in [0.25, 0.3) is 11.3 Å². The molecule has 5 N–H and O–H groups in total. The molecule has 12 heteroatoms. The van der Waals surface area contributed by atoms with Crippen molar-refractivity contribution in [1.82, 2.24) is 15.0 Å². The van der Waals surface area contributed by atoms with Gasteiger partial charge in [0.25, 0.3) is 0 Å². The van der Waals surface area contributed by atoms with Crippen molar-refractivity contribution in [2.24, 2.45) is 5.73 Å². The van der Waals surface area contributed by atoms with E-state index in [1.807, 2.05) is 0 Å². The Labute approximate surface area is 188 Å². The van der Waals surface area contributed by atoms with Gasteiger partial charge in [-0.2, -0.15) is 0 Å². The van der Waals surface area contributed by atoms with Crippen LogP contribution in [0.3, 0.4) is 0 Å². The fourth-order valence-corrected chi connectivity index (χ4v) is 3.10. The van der Waals surface area contributed by atoms with Crippen LogP contribution >= 0.6 is 0 Å². The summed E-state index contributed by atoms with van der Waals surface area (Å²) in [6.45, 7) is 2.33. The van der Waals surface area contributed by atoms with Gasteiger partial charge in [0.15, 0.2) is 0 Å². The fourth-order valence-electron chi connectivity index (χ4n) is 3.10. The molecule has 0 unspecified atom stereocenters. The number of aromatic carboxylic acids is 1. The number of nitro groups is 1. The van der Waals surface area contributed by atoms with Crippen molar-refractivity contribution < 1.29 is 19.6 Å². The van der Waals surface area contributed by atoms with Crippen LogP contribution in [0.5, 0.6) is 0 Å². The van der Waals surface area contributed by atoms with Crippen LogP contribution in [-0.2, 0) is 6.42 Å². The van der Waals surface area contributed by atoms with Crippen molar-refractivity contribution in [2.75, 3.05) is 23.7 Å². The lowest BCUT2D eigenvalue weighted by atomic mass is 10.0. The highest BCUT2D eigenvalue weighted by molar-refractivity contribution is 5.97. The molecule has 12 nitrogen and oxygen atoms in total. The first kappa shape index (κ1) is 23.1. The SMILES string of the molecule is CCc1nc(NCCNc2ncccc2[N+](=O)[O-])nc(-c2ccc(C(N)=O)cc2)c1C(=O)O. The number of rotatable bonds is 10. The van der Waals surface area contributed by atoms with Crippen molar-refractivity contribution in [3.8, 4) is 11.3 Å². The Morgan fingerprint density at radius 2 is 1.82 bits per heavy atom. The zero-order valence-corrected chi connectivity index (χ0v) is 17.6. The summed E-state index contributed by atoms with van der Waals surface area (Å²) in [6, 6.07) is 8.95. The molecule has 0 aliphatic rings. The first-order chi connectivity index (χ1) is 15.8. The highest BCUT2D eigenvalue weighted by Crippen LogP contribution is 2.26. The van der Waals surface area contributed by atoms with Gasteiger partial charge in [0.2, 0.25) is 17.7 Å². The van der Waals surface area contributed by atoms with Gasteiger partial charge >= 0.3 is 11.7 Å². The number of pyridine rings is 1. The molecule has 0 spiro atoms. The van der Waals surface area contributed by atoms with Gasteiger partial charge in [-0.1, -0.05) is 19.1 Å². The van der Waals surface area contributed by atoms with E-state index in [4.69, 9.17) is 5.73 Å². The van der Waals surface area contributed by atoms with E-state index in [0.717, 1.165) is 0 Å². The summed E-state index contributed by atoms with van der Waals surface area (Å²) in [5.74, 6) is -1.43. The summed E-state index contributed by atoms with van der Waals surface area (Å²) < 4.78 is 0. The molecular formula is C21H21N7O5. The largest absolute Gasteiger partial charge is 0.478 e. The number of carboxylic acid groups (broad SMARTS) is 1. The van der Waals surface area contributed by atoms with Gasteiger partial charge in [-0.3, -0.25) is 14.9 Å². The summed E-state index contributed by atoms with van der Waals surface area (Å²) in [4.78, 5) is 46.4. The number of carbonyl (C=O) groups is 2. The maximum atomic E-state index is 11.9. The smallest absolute Gasteiger partial charge is 0.339 e. The van der Waals surface area contributed by atoms with Crippen molar-refractivity contribution >= 4 is 29.3 Å². The van der Waals surface area contributed by atoms with Gasteiger partial charge in [-0.25, -0.2) is 19.7 Å². The predicted octanol–water partition coefficient (Wildman–Crippen LogP) is 2.33. The molecule has 2 heterocycles. The van der Waals surface area contributed by atoms with Crippen LogP contribution in [0, 0.1) is 10.1 Å². The average Bonchev–Trinajstić information content (AvgIpc) is 2.81. The lowest BCUT2D eigenvalue weighted by Crippen LogP contribution is -2.18. The molecule has 170 valence electrons. The second-order valence-electron chi connectivity index (χ2n) is 6.80. The number of hydrogen-bond donors (Lipinski definition) is 4. The van der Waals surface area contributed by atoms with E-state index < -0.39 is 16.8 Å². The van der Waals surface area contributed by atoms with Crippen LogP contribution < -0.4 is 16.4 Å². The third-order valence-corrected chi connectivity index (χ3v) is 4.66. The normalized spacial score (nSPS) is 10.5. The van der Waals surface area contributed by atoms with E-state index in [1.54, 1.807) is 19.1 Å². The fraction of sp³-hybridized carbons (Fsp3) is 0.190. The van der Waals surface area contributed by atoms with Crippen LogP contribution in [0.15, 0.2) is 42.6 Å². The number of anilines is 2.